The van der Waals surface area contributed by atoms with Gasteiger partial charge in [0.2, 0.25) is 11.8 Å². The fraction of sp³-hybridized carbons (Fsp3) is 0.545. The normalized spacial score (nSPS) is 18.1. The molecule has 1 aliphatic carbocycles. The van der Waals surface area contributed by atoms with Crippen LogP contribution in [0.15, 0.2) is 30.5 Å². The molecule has 1 saturated carbocycles. The molecule has 0 bridgehead atoms. The molecular formula is C22H27F2N5O3. The van der Waals surface area contributed by atoms with Gasteiger partial charge in [-0.25, -0.2) is 13.6 Å². The van der Waals surface area contributed by atoms with Crippen LogP contribution in [0.2, 0.25) is 0 Å². The van der Waals surface area contributed by atoms with Gasteiger partial charge in [-0.3, -0.25) is 0 Å². The molecule has 1 atom stereocenters. The largest absolute Gasteiger partial charge is 0.476 e. The number of aromatic nitrogens is 3. The van der Waals surface area contributed by atoms with Crippen LogP contribution in [0.1, 0.15) is 44.8 Å². The summed E-state index contributed by atoms with van der Waals surface area (Å²) in [6, 6.07) is 6.26. The summed E-state index contributed by atoms with van der Waals surface area (Å²) in [6.45, 7) is 3.77. The zero-order valence-corrected chi connectivity index (χ0v) is 18.1. The summed E-state index contributed by atoms with van der Waals surface area (Å²) >= 11 is 0. The SMILES string of the molecule is CC(C)C[C@@H](NC(=O)Oc1ccc(N2CC(F)(F)C2)c(OCC2CC2)n1)c1cccnn1. The minimum atomic E-state index is -2.71. The van der Waals surface area contributed by atoms with Gasteiger partial charge in [-0.05, 0) is 49.3 Å². The fourth-order valence-corrected chi connectivity index (χ4v) is 3.47. The van der Waals surface area contributed by atoms with Crippen LogP contribution in [0, 0.1) is 11.8 Å². The Labute approximate surface area is 185 Å². The molecule has 0 spiro atoms. The first kappa shape index (κ1) is 22.2. The Kier molecular flexibility index (Phi) is 6.38. The van der Waals surface area contributed by atoms with Crippen LogP contribution in [-0.4, -0.2) is 46.9 Å². The van der Waals surface area contributed by atoms with E-state index in [1.807, 2.05) is 13.8 Å². The number of nitrogens with one attached hydrogen (secondary N) is 1. The van der Waals surface area contributed by atoms with Crippen molar-refractivity contribution in [2.75, 3.05) is 24.6 Å². The van der Waals surface area contributed by atoms with Gasteiger partial charge >= 0.3 is 6.09 Å². The molecule has 8 nitrogen and oxygen atoms in total. The van der Waals surface area contributed by atoms with Crippen LogP contribution in [0.4, 0.5) is 19.3 Å². The lowest BCUT2D eigenvalue weighted by Gasteiger charge is -2.40. The highest BCUT2D eigenvalue weighted by molar-refractivity contribution is 5.71. The molecule has 1 amide bonds. The molecule has 1 N–H and O–H groups in total. The van der Waals surface area contributed by atoms with Gasteiger partial charge in [-0.1, -0.05) is 13.8 Å². The summed E-state index contributed by atoms with van der Waals surface area (Å²) in [6.07, 6.45) is 3.69. The Balaban J connectivity index is 1.45. The summed E-state index contributed by atoms with van der Waals surface area (Å²) in [7, 11) is 0. The fourth-order valence-electron chi connectivity index (χ4n) is 3.47. The van der Waals surface area contributed by atoms with Gasteiger partial charge in [0, 0.05) is 12.3 Å². The lowest BCUT2D eigenvalue weighted by Crippen LogP contribution is -2.56. The maximum atomic E-state index is 13.3. The predicted molar refractivity (Wildman–Crippen MR) is 113 cm³/mol. The molecule has 2 fully saturated rings. The van der Waals surface area contributed by atoms with Crippen molar-refractivity contribution >= 4 is 11.8 Å². The molecule has 172 valence electrons. The van der Waals surface area contributed by atoms with Gasteiger partial charge in [0.15, 0.2) is 0 Å². The Hall–Kier alpha value is -3.04. The third-order valence-electron chi connectivity index (χ3n) is 5.30. The Bertz CT molecular complexity index is 932. The van der Waals surface area contributed by atoms with E-state index in [4.69, 9.17) is 9.47 Å². The average molecular weight is 447 g/mol. The Morgan fingerprint density at radius 3 is 2.69 bits per heavy atom. The van der Waals surface area contributed by atoms with E-state index in [1.54, 1.807) is 24.4 Å². The lowest BCUT2D eigenvalue weighted by molar-refractivity contribution is -0.0265. The van der Waals surface area contributed by atoms with Crippen molar-refractivity contribution < 1.29 is 23.0 Å². The second kappa shape index (κ2) is 9.22. The van der Waals surface area contributed by atoms with Crippen molar-refractivity contribution in [1.82, 2.24) is 20.5 Å². The number of pyridine rings is 1. The molecule has 32 heavy (non-hydrogen) atoms. The molecule has 1 aliphatic heterocycles. The average Bonchev–Trinajstić information content (AvgIpc) is 3.55. The molecular weight excluding hydrogens is 420 g/mol. The van der Waals surface area contributed by atoms with E-state index < -0.39 is 12.0 Å². The van der Waals surface area contributed by atoms with E-state index in [-0.39, 0.29) is 30.9 Å². The second-order valence-corrected chi connectivity index (χ2v) is 8.80. The molecule has 2 aromatic rings. The van der Waals surface area contributed by atoms with Crippen LogP contribution in [0.3, 0.4) is 0 Å². The first-order valence-corrected chi connectivity index (χ1v) is 10.8. The molecule has 10 heteroatoms. The number of carbonyl (C=O) groups is 1. The maximum Gasteiger partial charge on any atom is 0.414 e. The highest BCUT2D eigenvalue weighted by atomic mass is 19.3. The number of rotatable bonds is 9. The molecule has 0 unspecified atom stereocenters. The summed E-state index contributed by atoms with van der Waals surface area (Å²) in [5, 5.41) is 10.8. The van der Waals surface area contributed by atoms with E-state index in [9.17, 15) is 13.6 Å². The molecule has 1 saturated heterocycles. The van der Waals surface area contributed by atoms with E-state index in [0.29, 0.717) is 36.2 Å². The van der Waals surface area contributed by atoms with E-state index in [0.717, 1.165) is 12.8 Å². The van der Waals surface area contributed by atoms with Gasteiger partial charge in [0.1, 0.15) is 5.69 Å². The number of hydrogen-bond donors (Lipinski definition) is 1. The number of alkyl halides is 2. The topological polar surface area (TPSA) is 89.5 Å². The van der Waals surface area contributed by atoms with Crippen molar-refractivity contribution in [1.29, 1.82) is 0 Å². The van der Waals surface area contributed by atoms with Crippen molar-refractivity contribution in [3.63, 3.8) is 0 Å². The minimum absolute atomic E-state index is 0.0340. The second-order valence-electron chi connectivity index (χ2n) is 8.80. The third kappa shape index (κ3) is 5.80. The molecule has 4 rings (SSSR count). The standard InChI is InChI=1S/C22H27F2N5O3/c1-14(2)10-17(16-4-3-9-25-28-16)26-21(30)32-19-8-7-18(29-12-22(23,24)13-29)20(27-19)31-11-15-5-6-15/h3-4,7-9,14-15,17H,5-6,10-13H2,1-2H3,(H,26,30)/t17-/m1/s1. The highest BCUT2D eigenvalue weighted by Gasteiger charge is 2.45. The van der Waals surface area contributed by atoms with Crippen molar-refractivity contribution in [2.24, 2.45) is 11.8 Å². The number of carbonyl (C=O) groups excluding carboxylic acids is 1. The number of hydrogen-bond acceptors (Lipinski definition) is 7. The van der Waals surface area contributed by atoms with Crippen LogP contribution in [0.25, 0.3) is 0 Å². The van der Waals surface area contributed by atoms with Crippen molar-refractivity contribution in [3.8, 4) is 11.8 Å². The van der Waals surface area contributed by atoms with E-state index in [2.05, 4.69) is 20.5 Å². The summed E-state index contributed by atoms with van der Waals surface area (Å²) < 4.78 is 37.9. The van der Waals surface area contributed by atoms with E-state index in [1.165, 1.54) is 11.0 Å². The molecule has 3 heterocycles. The van der Waals surface area contributed by atoms with Crippen LogP contribution >= 0.6 is 0 Å². The maximum absolute atomic E-state index is 13.3. The van der Waals surface area contributed by atoms with Gasteiger partial charge in [-0.15, -0.1) is 0 Å². The zero-order chi connectivity index (χ0) is 22.7. The molecule has 2 aromatic heterocycles. The zero-order valence-electron chi connectivity index (χ0n) is 18.1. The molecule has 0 radical (unpaired) electrons. The summed E-state index contributed by atoms with van der Waals surface area (Å²) in [5.74, 6) is -1.72. The quantitative estimate of drug-likeness (QED) is 0.622. The Morgan fingerprint density at radius 1 is 1.28 bits per heavy atom. The highest BCUT2D eigenvalue weighted by Crippen LogP contribution is 2.38. The van der Waals surface area contributed by atoms with Crippen molar-refractivity contribution in [2.45, 2.75) is 45.1 Å². The minimum Gasteiger partial charge on any atom is -0.476 e. The smallest absolute Gasteiger partial charge is 0.414 e. The summed E-state index contributed by atoms with van der Waals surface area (Å²) in [5.41, 5.74) is 1.11. The number of anilines is 1. The number of amides is 1. The monoisotopic (exact) mass is 447 g/mol. The molecule has 0 aromatic carbocycles. The third-order valence-corrected chi connectivity index (χ3v) is 5.30. The van der Waals surface area contributed by atoms with Crippen molar-refractivity contribution in [3.05, 3.63) is 36.2 Å². The number of nitrogens with zero attached hydrogens (tertiary/aromatic N) is 4. The predicted octanol–water partition coefficient (Wildman–Crippen LogP) is 3.99. The lowest BCUT2D eigenvalue weighted by atomic mass is 10.0. The van der Waals surface area contributed by atoms with E-state index >= 15 is 0 Å². The first-order valence-electron chi connectivity index (χ1n) is 10.8. The van der Waals surface area contributed by atoms with Crippen LogP contribution < -0.4 is 19.7 Å². The first-order chi connectivity index (χ1) is 15.3. The van der Waals surface area contributed by atoms with Crippen LogP contribution in [0.5, 0.6) is 11.8 Å². The van der Waals surface area contributed by atoms with Gasteiger partial charge in [0.25, 0.3) is 5.92 Å². The van der Waals surface area contributed by atoms with Gasteiger partial charge < -0.3 is 19.7 Å². The van der Waals surface area contributed by atoms with Gasteiger partial charge in [-0.2, -0.15) is 15.2 Å². The molecule has 2 aliphatic rings. The van der Waals surface area contributed by atoms with Gasteiger partial charge in [0.05, 0.1) is 31.4 Å². The number of halogens is 2. The summed E-state index contributed by atoms with van der Waals surface area (Å²) in [4.78, 5) is 18.4. The van der Waals surface area contributed by atoms with Crippen LogP contribution in [-0.2, 0) is 0 Å². The number of ether oxygens (including phenoxy) is 2. The Morgan fingerprint density at radius 2 is 2.06 bits per heavy atom.